The second-order valence-corrected chi connectivity index (χ2v) is 6.30. The molecule has 4 aromatic rings. The summed E-state index contributed by atoms with van der Waals surface area (Å²) >= 11 is 1.54. The number of nitrogens with one attached hydrogen (secondary N) is 1. The molecule has 124 valence electrons. The van der Waals surface area contributed by atoms with E-state index in [2.05, 4.69) is 20.3 Å². The highest BCUT2D eigenvalue weighted by Crippen LogP contribution is 2.30. The standard InChI is InChI=1S/C18H15N5OS/c1-11-10-25-18(20-11)23-17-14-8-13(24-2)5-6-15(14)21-16(22-17)12-4-3-7-19-9-12/h3-10H,1-2H3,(H,20,21,22,23). The Morgan fingerprint density at radius 1 is 1.12 bits per heavy atom. The minimum Gasteiger partial charge on any atom is -0.497 e. The molecule has 1 N–H and O–H groups in total. The van der Waals surface area contributed by atoms with E-state index in [-0.39, 0.29) is 0 Å². The number of pyridine rings is 1. The highest BCUT2D eigenvalue weighted by atomic mass is 32.1. The molecule has 6 nitrogen and oxygen atoms in total. The third-order valence-corrected chi connectivity index (χ3v) is 4.54. The fourth-order valence-electron chi connectivity index (χ4n) is 2.47. The Kier molecular flexibility index (Phi) is 3.99. The average Bonchev–Trinajstić information content (AvgIpc) is 3.06. The summed E-state index contributed by atoms with van der Waals surface area (Å²) in [5.74, 6) is 2.06. The zero-order valence-electron chi connectivity index (χ0n) is 13.7. The molecule has 0 aliphatic carbocycles. The molecule has 0 unspecified atom stereocenters. The average molecular weight is 349 g/mol. The third-order valence-electron chi connectivity index (χ3n) is 3.67. The lowest BCUT2D eigenvalue weighted by atomic mass is 10.2. The number of aromatic nitrogens is 4. The molecule has 0 saturated heterocycles. The summed E-state index contributed by atoms with van der Waals surface area (Å²) in [5, 5.41) is 6.97. The van der Waals surface area contributed by atoms with Crippen LogP contribution in [0, 0.1) is 6.92 Å². The second kappa shape index (κ2) is 6.45. The van der Waals surface area contributed by atoms with Crippen LogP contribution in [-0.4, -0.2) is 27.0 Å². The topological polar surface area (TPSA) is 72.8 Å². The van der Waals surface area contributed by atoms with Gasteiger partial charge in [-0.05, 0) is 37.3 Å². The number of hydrogen-bond donors (Lipinski definition) is 1. The van der Waals surface area contributed by atoms with Crippen molar-refractivity contribution in [1.82, 2.24) is 19.9 Å². The van der Waals surface area contributed by atoms with Crippen molar-refractivity contribution < 1.29 is 4.74 Å². The molecule has 0 aliphatic heterocycles. The Bertz CT molecular complexity index is 1030. The van der Waals surface area contributed by atoms with Crippen molar-refractivity contribution in [2.45, 2.75) is 6.92 Å². The van der Waals surface area contributed by atoms with Crippen molar-refractivity contribution in [2.75, 3.05) is 12.4 Å². The highest BCUT2D eigenvalue weighted by molar-refractivity contribution is 7.13. The molecule has 1 aromatic carbocycles. The van der Waals surface area contributed by atoms with Gasteiger partial charge in [-0.3, -0.25) is 4.98 Å². The summed E-state index contributed by atoms with van der Waals surface area (Å²) in [6.45, 7) is 1.96. The number of fused-ring (bicyclic) bond motifs is 1. The van der Waals surface area contributed by atoms with Gasteiger partial charge >= 0.3 is 0 Å². The Balaban J connectivity index is 1.89. The molecule has 3 heterocycles. The van der Waals surface area contributed by atoms with Crippen LogP contribution < -0.4 is 10.1 Å². The number of benzene rings is 1. The predicted octanol–water partition coefficient (Wildman–Crippen LogP) is 4.21. The molecule has 0 spiro atoms. The largest absolute Gasteiger partial charge is 0.497 e. The van der Waals surface area contributed by atoms with Gasteiger partial charge in [-0.15, -0.1) is 11.3 Å². The first-order valence-corrected chi connectivity index (χ1v) is 8.56. The minimum absolute atomic E-state index is 0.613. The molecule has 3 aromatic heterocycles. The molecule has 0 saturated carbocycles. The van der Waals surface area contributed by atoms with Gasteiger partial charge in [-0.25, -0.2) is 15.0 Å². The number of rotatable bonds is 4. The van der Waals surface area contributed by atoms with Gasteiger partial charge in [-0.2, -0.15) is 0 Å². The summed E-state index contributed by atoms with van der Waals surface area (Å²) in [7, 11) is 1.64. The first kappa shape index (κ1) is 15.5. The molecule has 0 fully saturated rings. The van der Waals surface area contributed by atoms with Crippen LogP contribution in [0.1, 0.15) is 5.69 Å². The molecule has 0 atom stereocenters. The highest BCUT2D eigenvalue weighted by Gasteiger charge is 2.12. The van der Waals surface area contributed by atoms with Crippen LogP contribution >= 0.6 is 11.3 Å². The number of nitrogens with zero attached hydrogens (tertiary/aromatic N) is 4. The van der Waals surface area contributed by atoms with Crippen molar-refractivity contribution in [3.05, 3.63) is 53.8 Å². The van der Waals surface area contributed by atoms with Gasteiger partial charge in [0.05, 0.1) is 18.3 Å². The third kappa shape index (κ3) is 3.14. The number of methoxy groups -OCH3 is 1. The van der Waals surface area contributed by atoms with Crippen LogP contribution in [0.15, 0.2) is 48.1 Å². The predicted molar refractivity (Wildman–Crippen MR) is 99.5 cm³/mol. The van der Waals surface area contributed by atoms with Crippen LogP contribution in [0.25, 0.3) is 22.3 Å². The normalized spacial score (nSPS) is 10.8. The maximum Gasteiger partial charge on any atom is 0.188 e. The maximum atomic E-state index is 5.34. The first-order chi connectivity index (χ1) is 12.2. The molecule has 0 aliphatic rings. The van der Waals surface area contributed by atoms with Gasteiger partial charge in [0.15, 0.2) is 11.0 Å². The van der Waals surface area contributed by atoms with E-state index >= 15 is 0 Å². The molecular weight excluding hydrogens is 334 g/mol. The van der Waals surface area contributed by atoms with Gasteiger partial charge in [0, 0.05) is 28.7 Å². The number of ether oxygens (including phenoxy) is 1. The van der Waals surface area contributed by atoms with E-state index in [0.29, 0.717) is 11.6 Å². The smallest absolute Gasteiger partial charge is 0.188 e. The lowest BCUT2D eigenvalue weighted by molar-refractivity contribution is 0.415. The van der Waals surface area contributed by atoms with E-state index in [9.17, 15) is 0 Å². The monoisotopic (exact) mass is 349 g/mol. The van der Waals surface area contributed by atoms with Gasteiger partial charge < -0.3 is 10.1 Å². The van der Waals surface area contributed by atoms with Crippen molar-refractivity contribution in [2.24, 2.45) is 0 Å². The summed E-state index contributed by atoms with van der Waals surface area (Å²) < 4.78 is 5.34. The SMILES string of the molecule is COc1ccc2nc(-c3cccnc3)nc(Nc3nc(C)cs3)c2c1. The van der Waals surface area contributed by atoms with Gasteiger partial charge in [-0.1, -0.05) is 0 Å². The summed E-state index contributed by atoms with van der Waals surface area (Å²) in [6.07, 6.45) is 3.48. The van der Waals surface area contributed by atoms with Crippen molar-refractivity contribution in [1.29, 1.82) is 0 Å². The van der Waals surface area contributed by atoms with Gasteiger partial charge in [0.25, 0.3) is 0 Å². The van der Waals surface area contributed by atoms with E-state index < -0.39 is 0 Å². The Morgan fingerprint density at radius 2 is 2.04 bits per heavy atom. The molecule has 0 amide bonds. The van der Waals surface area contributed by atoms with Crippen LogP contribution in [0.2, 0.25) is 0 Å². The van der Waals surface area contributed by atoms with Crippen LogP contribution in [0.4, 0.5) is 10.9 Å². The lowest BCUT2D eigenvalue weighted by Gasteiger charge is -2.10. The zero-order chi connectivity index (χ0) is 17.2. The molecule has 4 rings (SSSR count). The number of aryl methyl sites for hydroxylation is 1. The summed E-state index contributed by atoms with van der Waals surface area (Å²) in [5.41, 5.74) is 2.65. The number of hydrogen-bond acceptors (Lipinski definition) is 7. The van der Waals surface area contributed by atoms with Crippen molar-refractivity contribution >= 4 is 33.2 Å². The Morgan fingerprint density at radius 3 is 2.76 bits per heavy atom. The van der Waals surface area contributed by atoms with Gasteiger partial charge in [0.1, 0.15) is 11.6 Å². The minimum atomic E-state index is 0.613. The fourth-order valence-corrected chi connectivity index (χ4v) is 3.15. The van der Waals surface area contributed by atoms with Crippen LogP contribution in [0.3, 0.4) is 0 Å². The molecular formula is C18H15N5OS. The Labute approximate surface area is 148 Å². The molecule has 25 heavy (non-hydrogen) atoms. The van der Waals surface area contributed by atoms with Crippen LogP contribution in [0.5, 0.6) is 5.75 Å². The molecule has 0 bridgehead atoms. The van der Waals surface area contributed by atoms with Crippen LogP contribution in [-0.2, 0) is 0 Å². The summed E-state index contributed by atoms with van der Waals surface area (Å²) in [6, 6.07) is 9.54. The van der Waals surface area contributed by atoms with Crippen molar-refractivity contribution in [3.8, 4) is 17.1 Å². The first-order valence-electron chi connectivity index (χ1n) is 7.68. The lowest BCUT2D eigenvalue weighted by Crippen LogP contribution is -2.00. The quantitative estimate of drug-likeness (QED) is 0.595. The number of anilines is 2. The maximum absolute atomic E-state index is 5.34. The van der Waals surface area contributed by atoms with Crippen molar-refractivity contribution in [3.63, 3.8) is 0 Å². The summed E-state index contributed by atoms with van der Waals surface area (Å²) in [4.78, 5) is 18.0. The van der Waals surface area contributed by atoms with E-state index in [1.807, 2.05) is 42.6 Å². The number of thiazole rings is 1. The Hall–Kier alpha value is -3.06. The zero-order valence-corrected chi connectivity index (χ0v) is 14.5. The van der Waals surface area contributed by atoms with Gasteiger partial charge in [0.2, 0.25) is 0 Å². The second-order valence-electron chi connectivity index (χ2n) is 5.44. The van der Waals surface area contributed by atoms with E-state index in [1.165, 1.54) is 11.3 Å². The van der Waals surface area contributed by atoms with E-state index in [4.69, 9.17) is 9.72 Å². The van der Waals surface area contributed by atoms with E-state index in [1.54, 1.807) is 19.5 Å². The molecule has 0 radical (unpaired) electrons. The molecule has 7 heteroatoms. The van der Waals surface area contributed by atoms with E-state index in [0.717, 1.165) is 33.0 Å². The fraction of sp³-hybridized carbons (Fsp3) is 0.111.